The van der Waals surface area contributed by atoms with Crippen molar-refractivity contribution in [2.24, 2.45) is 0 Å². The van der Waals surface area contributed by atoms with Crippen LogP contribution in [0, 0.1) is 23.1 Å². The van der Waals surface area contributed by atoms with Gasteiger partial charge in [0.05, 0.1) is 45.2 Å². The zero-order chi connectivity index (χ0) is 43.2. The van der Waals surface area contributed by atoms with E-state index in [-0.39, 0.29) is 53.1 Å². The summed E-state index contributed by atoms with van der Waals surface area (Å²) in [6, 6.07) is 11.7. The number of fused-ring (bicyclic) bond motifs is 2. The first-order valence-corrected chi connectivity index (χ1v) is 20.9. The van der Waals surface area contributed by atoms with E-state index in [9.17, 15) is 29.2 Å². The van der Waals surface area contributed by atoms with Gasteiger partial charge in [-0.25, -0.2) is 19.3 Å². The number of hydrogen-bond donors (Lipinski definition) is 3. The summed E-state index contributed by atoms with van der Waals surface area (Å²) >= 11 is 6.26. The minimum Gasteiger partial charge on any atom is -0.369 e. The standard InChI is InChI=1S/C43H40ClF2N11O5/c44-31-17-26(2-1-23(31)20-47)56-16-11-27-33(21-56)48-22-49-39(27)52-36-5-3-28(38(46)51-36)40(59)50-24-7-12-54(13-8-24)25-9-14-55(15-10-25)35-19-30-29(18-32(35)45)42(61)57(43(30)62)34-4-6-37(58)53-41(34)60/h1-3,5,17-19,22,24-25,34H,4,6-16,21H2,(H,50,59)(H,53,58,60)(H,48,49,51,52). The maximum atomic E-state index is 15.5. The molecule has 2 aromatic heterocycles. The number of pyridine rings is 1. The number of nitriles is 1. The fourth-order valence-electron chi connectivity index (χ4n) is 9.13. The maximum absolute atomic E-state index is 15.5. The number of carbonyl (C=O) groups is 5. The Morgan fingerprint density at radius 2 is 1.63 bits per heavy atom. The van der Waals surface area contributed by atoms with Gasteiger partial charge in [-0.3, -0.25) is 34.2 Å². The molecule has 0 spiro atoms. The Morgan fingerprint density at radius 1 is 0.871 bits per heavy atom. The summed E-state index contributed by atoms with van der Waals surface area (Å²) in [4.78, 5) is 83.8. The Labute approximate surface area is 359 Å². The molecule has 19 heteroatoms. The predicted octanol–water partition coefficient (Wildman–Crippen LogP) is 4.25. The molecule has 5 aliphatic heterocycles. The number of halogens is 3. The quantitative estimate of drug-likeness (QED) is 0.168. The van der Waals surface area contributed by atoms with Gasteiger partial charge in [0, 0.05) is 62.5 Å². The summed E-state index contributed by atoms with van der Waals surface area (Å²) in [6.07, 6.45) is 4.80. The Kier molecular flexibility index (Phi) is 11.0. The average molecular weight is 864 g/mol. The van der Waals surface area contributed by atoms with Crippen molar-refractivity contribution in [1.29, 1.82) is 5.26 Å². The molecule has 318 valence electrons. The Balaban J connectivity index is 0.757. The topological polar surface area (TPSA) is 197 Å². The van der Waals surface area contributed by atoms with Crippen LogP contribution in [0.1, 0.15) is 86.4 Å². The molecule has 3 fully saturated rings. The highest BCUT2D eigenvalue weighted by Gasteiger charge is 2.45. The number of likely N-dealkylation sites (tertiary alicyclic amines) is 1. The molecule has 2 aromatic carbocycles. The number of nitrogens with zero attached hydrogens (tertiary/aromatic N) is 8. The van der Waals surface area contributed by atoms with Gasteiger partial charge < -0.3 is 25.3 Å². The first-order valence-electron chi connectivity index (χ1n) is 20.5. The van der Waals surface area contributed by atoms with Crippen LogP contribution in [0.25, 0.3) is 0 Å². The summed E-state index contributed by atoms with van der Waals surface area (Å²) in [6.45, 7) is 3.57. The van der Waals surface area contributed by atoms with E-state index in [1.54, 1.807) is 12.1 Å². The monoisotopic (exact) mass is 863 g/mol. The summed E-state index contributed by atoms with van der Waals surface area (Å²) in [5.41, 5.74) is 2.91. The number of benzene rings is 2. The van der Waals surface area contributed by atoms with Crippen molar-refractivity contribution < 1.29 is 32.8 Å². The molecule has 3 saturated heterocycles. The lowest BCUT2D eigenvalue weighted by Crippen LogP contribution is -2.54. The van der Waals surface area contributed by atoms with E-state index >= 15 is 8.78 Å². The number of carbonyl (C=O) groups excluding carboxylic acids is 5. The molecule has 4 aromatic rings. The van der Waals surface area contributed by atoms with Crippen LogP contribution in [0.15, 0.2) is 48.8 Å². The van der Waals surface area contributed by atoms with Gasteiger partial charge in [0.1, 0.15) is 35.9 Å². The van der Waals surface area contributed by atoms with E-state index in [0.717, 1.165) is 40.8 Å². The molecule has 1 unspecified atom stereocenters. The maximum Gasteiger partial charge on any atom is 0.262 e. The van der Waals surface area contributed by atoms with Gasteiger partial charge in [-0.2, -0.15) is 9.65 Å². The van der Waals surface area contributed by atoms with Gasteiger partial charge in [-0.1, -0.05) is 11.6 Å². The van der Waals surface area contributed by atoms with E-state index < -0.39 is 47.3 Å². The molecule has 0 saturated carbocycles. The van der Waals surface area contributed by atoms with Crippen molar-refractivity contribution in [3.63, 3.8) is 0 Å². The van der Waals surface area contributed by atoms with Crippen LogP contribution < -0.4 is 25.8 Å². The lowest BCUT2D eigenvalue weighted by Gasteiger charge is -2.42. The van der Waals surface area contributed by atoms with Crippen molar-refractivity contribution in [2.45, 2.75) is 69.6 Å². The molecule has 1 atom stereocenters. The van der Waals surface area contributed by atoms with E-state index in [0.29, 0.717) is 74.9 Å². The molecular formula is C43H40ClF2N11O5. The first-order chi connectivity index (χ1) is 29.9. The van der Waals surface area contributed by atoms with Crippen molar-refractivity contribution in [2.75, 3.05) is 47.8 Å². The van der Waals surface area contributed by atoms with Crippen LogP contribution in [-0.2, 0) is 22.6 Å². The molecule has 3 N–H and O–H groups in total. The van der Waals surface area contributed by atoms with E-state index in [1.165, 1.54) is 24.5 Å². The number of amides is 5. The third-order valence-electron chi connectivity index (χ3n) is 12.5. The SMILES string of the molecule is N#Cc1ccc(N2CCc3c(ncnc3Nc3ccc(C(=O)NC4CCN(C5CCN(c6cc7c(cc6F)C(=O)N(C6CCC(=O)NC6=O)C7=O)CC5)CC4)c(F)n3)C2)cc1Cl. The predicted molar refractivity (Wildman–Crippen MR) is 221 cm³/mol. The highest BCUT2D eigenvalue weighted by Crippen LogP contribution is 2.35. The van der Waals surface area contributed by atoms with Crippen LogP contribution in [0.5, 0.6) is 0 Å². The van der Waals surface area contributed by atoms with Crippen LogP contribution in [0.3, 0.4) is 0 Å². The van der Waals surface area contributed by atoms with E-state index in [1.807, 2.05) is 11.0 Å². The van der Waals surface area contributed by atoms with Gasteiger partial charge in [-0.15, -0.1) is 0 Å². The molecule has 0 bridgehead atoms. The zero-order valence-electron chi connectivity index (χ0n) is 33.3. The molecule has 0 aliphatic carbocycles. The van der Waals surface area contributed by atoms with Crippen molar-refractivity contribution >= 4 is 64.1 Å². The highest BCUT2D eigenvalue weighted by atomic mass is 35.5. The normalized spacial score (nSPS) is 19.8. The number of rotatable bonds is 8. The smallest absolute Gasteiger partial charge is 0.262 e. The highest BCUT2D eigenvalue weighted by molar-refractivity contribution is 6.32. The Bertz CT molecular complexity index is 2570. The molecule has 7 heterocycles. The number of aromatic nitrogens is 3. The number of imide groups is 2. The second-order valence-corrected chi connectivity index (χ2v) is 16.5. The van der Waals surface area contributed by atoms with Gasteiger partial charge in [-0.05, 0) is 81.0 Å². The van der Waals surface area contributed by atoms with E-state index in [4.69, 9.17) is 11.6 Å². The summed E-state index contributed by atoms with van der Waals surface area (Å²) in [7, 11) is 0. The molecular weight excluding hydrogens is 824 g/mol. The Morgan fingerprint density at radius 3 is 2.34 bits per heavy atom. The number of piperidine rings is 3. The zero-order valence-corrected chi connectivity index (χ0v) is 34.1. The third-order valence-corrected chi connectivity index (χ3v) is 12.8. The minimum absolute atomic E-state index is 0.00738. The van der Waals surface area contributed by atoms with Crippen molar-refractivity contribution in [1.82, 2.24) is 35.4 Å². The summed E-state index contributed by atoms with van der Waals surface area (Å²) < 4.78 is 30.8. The van der Waals surface area contributed by atoms with Crippen LogP contribution in [0.2, 0.25) is 5.02 Å². The molecule has 5 aliphatic rings. The van der Waals surface area contributed by atoms with Gasteiger partial charge in [0.2, 0.25) is 17.8 Å². The first kappa shape index (κ1) is 40.8. The lowest BCUT2D eigenvalue weighted by molar-refractivity contribution is -0.136. The lowest BCUT2D eigenvalue weighted by atomic mass is 9.97. The second-order valence-electron chi connectivity index (χ2n) is 16.1. The van der Waals surface area contributed by atoms with Gasteiger partial charge in [0.15, 0.2) is 0 Å². The van der Waals surface area contributed by atoms with Gasteiger partial charge in [0.25, 0.3) is 17.7 Å². The van der Waals surface area contributed by atoms with E-state index in [2.05, 4.69) is 46.8 Å². The van der Waals surface area contributed by atoms with Crippen molar-refractivity contribution in [3.05, 3.63) is 99.1 Å². The van der Waals surface area contributed by atoms with Crippen LogP contribution in [-0.4, -0.2) is 105 Å². The summed E-state index contributed by atoms with van der Waals surface area (Å²) in [5, 5.41) is 17.8. The fraction of sp³-hybridized carbons (Fsp3) is 0.372. The molecule has 5 amide bonds. The molecule has 0 radical (unpaired) electrons. The fourth-order valence-corrected chi connectivity index (χ4v) is 9.35. The summed E-state index contributed by atoms with van der Waals surface area (Å²) in [5.74, 6) is -4.03. The third kappa shape index (κ3) is 7.77. The van der Waals surface area contributed by atoms with Crippen molar-refractivity contribution in [3.8, 4) is 6.07 Å². The minimum atomic E-state index is -1.13. The number of nitrogens with one attached hydrogen (secondary N) is 3. The van der Waals surface area contributed by atoms with Crippen LogP contribution >= 0.6 is 11.6 Å². The number of hydrogen-bond acceptors (Lipinski definition) is 13. The largest absolute Gasteiger partial charge is 0.369 e. The van der Waals surface area contributed by atoms with Gasteiger partial charge >= 0.3 is 0 Å². The molecule has 9 rings (SSSR count). The average Bonchev–Trinajstić information content (AvgIpc) is 3.50. The molecule has 62 heavy (non-hydrogen) atoms. The second kappa shape index (κ2) is 16.7. The number of anilines is 4. The van der Waals surface area contributed by atoms with Crippen LogP contribution in [0.4, 0.5) is 31.8 Å². The molecule has 16 nitrogen and oxygen atoms in total. The Hall–Kier alpha value is -6.58.